The second kappa shape index (κ2) is 6.02. The summed E-state index contributed by atoms with van der Waals surface area (Å²) in [5, 5.41) is 0. The van der Waals surface area contributed by atoms with E-state index in [-0.39, 0.29) is 18.1 Å². The van der Waals surface area contributed by atoms with Crippen LogP contribution < -0.4 is 0 Å². The number of likely N-dealkylation sites (tertiary alicyclic amines) is 1. The lowest BCUT2D eigenvalue weighted by Gasteiger charge is -2.37. The van der Waals surface area contributed by atoms with E-state index in [0.29, 0.717) is 25.0 Å². The largest absolute Gasteiger partial charge is 0.459 e. The van der Waals surface area contributed by atoms with Crippen LogP contribution in [-0.4, -0.2) is 73.3 Å². The minimum atomic E-state index is -0.0416. The zero-order valence-corrected chi connectivity index (χ0v) is 12.6. The molecule has 1 amide bonds. The van der Waals surface area contributed by atoms with Gasteiger partial charge in [0.05, 0.1) is 31.1 Å². The molecule has 6 heteroatoms. The van der Waals surface area contributed by atoms with Crippen molar-refractivity contribution >= 4 is 5.91 Å². The van der Waals surface area contributed by atoms with Gasteiger partial charge >= 0.3 is 0 Å². The van der Waals surface area contributed by atoms with Crippen molar-refractivity contribution in [2.24, 2.45) is 0 Å². The van der Waals surface area contributed by atoms with Crippen LogP contribution in [0, 0.1) is 0 Å². The fourth-order valence-corrected chi connectivity index (χ4v) is 3.76. The standard InChI is InChI=1S/C16H22N2O4/c19-16(14-4-2-7-21-14)18-10-13-15(11-18)22-8-5-17(13)9-12-3-1-6-20-12/h2,4,7,12-13,15H,1,3,5-6,8-11H2/t12?,13-,15+/m1/s1. The van der Waals surface area contributed by atoms with Gasteiger partial charge in [0.2, 0.25) is 0 Å². The maximum Gasteiger partial charge on any atom is 0.289 e. The maximum absolute atomic E-state index is 12.4. The van der Waals surface area contributed by atoms with Crippen LogP contribution in [0.4, 0.5) is 0 Å². The van der Waals surface area contributed by atoms with E-state index in [9.17, 15) is 4.79 Å². The number of ether oxygens (including phenoxy) is 2. The lowest BCUT2D eigenvalue weighted by atomic mass is 10.1. The molecule has 0 saturated carbocycles. The highest BCUT2D eigenvalue weighted by atomic mass is 16.5. The van der Waals surface area contributed by atoms with Gasteiger partial charge in [-0.3, -0.25) is 9.69 Å². The monoisotopic (exact) mass is 306 g/mol. The zero-order valence-electron chi connectivity index (χ0n) is 12.6. The summed E-state index contributed by atoms with van der Waals surface area (Å²) in [4.78, 5) is 16.7. The van der Waals surface area contributed by atoms with Gasteiger partial charge in [-0.25, -0.2) is 0 Å². The molecule has 4 heterocycles. The Labute approximate surface area is 129 Å². The normalized spacial score (nSPS) is 32.4. The Bertz CT molecular complexity index is 512. The molecule has 3 aliphatic rings. The smallest absolute Gasteiger partial charge is 0.289 e. The highest BCUT2D eigenvalue weighted by molar-refractivity contribution is 5.91. The molecule has 1 aromatic heterocycles. The van der Waals surface area contributed by atoms with Crippen LogP contribution in [0.1, 0.15) is 23.4 Å². The fraction of sp³-hybridized carbons (Fsp3) is 0.688. The van der Waals surface area contributed by atoms with Crippen LogP contribution >= 0.6 is 0 Å². The van der Waals surface area contributed by atoms with E-state index in [1.807, 2.05) is 4.90 Å². The van der Waals surface area contributed by atoms with Crippen LogP contribution in [0.5, 0.6) is 0 Å². The third kappa shape index (κ3) is 2.66. The molecule has 3 saturated heterocycles. The number of hydrogen-bond acceptors (Lipinski definition) is 5. The molecular weight excluding hydrogens is 284 g/mol. The number of carbonyl (C=O) groups excluding carboxylic acids is 1. The first-order chi connectivity index (χ1) is 10.8. The lowest BCUT2D eigenvalue weighted by Crippen LogP contribution is -2.52. The number of hydrogen-bond donors (Lipinski definition) is 0. The van der Waals surface area contributed by atoms with Gasteiger partial charge in [-0.1, -0.05) is 0 Å². The highest BCUT2D eigenvalue weighted by Crippen LogP contribution is 2.26. The quantitative estimate of drug-likeness (QED) is 0.833. The van der Waals surface area contributed by atoms with Crippen molar-refractivity contribution in [1.82, 2.24) is 9.80 Å². The van der Waals surface area contributed by atoms with Crippen LogP contribution in [0.15, 0.2) is 22.8 Å². The molecular formula is C16H22N2O4. The summed E-state index contributed by atoms with van der Waals surface area (Å²) >= 11 is 0. The minimum absolute atomic E-state index is 0.0416. The van der Waals surface area contributed by atoms with E-state index >= 15 is 0 Å². The molecule has 120 valence electrons. The molecule has 22 heavy (non-hydrogen) atoms. The minimum Gasteiger partial charge on any atom is -0.459 e. The Kier molecular flexibility index (Phi) is 3.90. The molecule has 1 aromatic rings. The van der Waals surface area contributed by atoms with Gasteiger partial charge in [-0.05, 0) is 25.0 Å². The predicted octanol–water partition coefficient (Wildman–Crippen LogP) is 0.984. The Morgan fingerprint density at radius 2 is 2.23 bits per heavy atom. The molecule has 3 aliphatic heterocycles. The third-order valence-electron chi connectivity index (χ3n) is 4.90. The van der Waals surface area contributed by atoms with Crippen LogP contribution in [0.3, 0.4) is 0 Å². The molecule has 0 radical (unpaired) electrons. The van der Waals surface area contributed by atoms with Crippen molar-refractivity contribution in [1.29, 1.82) is 0 Å². The van der Waals surface area contributed by atoms with Gasteiger partial charge in [0, 0.05) is 32.8 Å². The first-order valence-electron chi connectivity index (χ1n) is 8.11. The molecule has 1 unspecified atom stereocenters. The molecule has 3 atom stereocenters. The summed E-state index contributed by atoms with van der Waals surface area (Å²) in [5.41, 5.74) is 0. The Morgan fingerprint density at radius 1 is 1.27 bits per heavy atom. The van der Waals surface area contributed by atoms with Gasteiger partial charge in [0.1, 0.15) is 0 Å². The van der Waals surface area contributed by atoms with E-state index in [1.54, 1.807) is 12.1 Å². The fourth-order valence-electron chi connectivity index (χ4n) is 3.76. The summed E-state index contributed by atoms with van der Waals surface area (Å²) in [7, 11) is 0. The van der Waals surface area contributed by atoms with Crippen molar-refractivity contribution in [2.75, 3.05) is 39.4 Å². The van der Waals surface area contributed by atoms with E-state index in [2.05, 4.69) is 4.90 Å². The summed E-state index contributed by atoms with van der Waals surface area (Å²) in [6, 6.07) is 3.74. The summed E-state index contributed by atoms with van der Waals surface area (Å²) in [6.07, 6.45) is 4.29. The average molecular weight is 306 g/mol. The number of carbonyl (C=O) groups is 1. The molecule has 0 aliphatic carbocycles. The van der Waals surface area contributed by atoms with Crippen molar-refractivity contribution < 1.29 is 18.7 Å². The number of nitrogens with zero attached hydrogens (tertiary/aromatic N) is 2. The molecule has 0 spiro atoms. The van der Waals surface area contributed by atoms with Crippen LogP contribution in [0.2, 0.25) is 0 Å². The topological polar surface area (TPSA) is 55.2 Å². The molecule has 6 nitrogen and oxygen atoms in total. The first-order valence-corrected chi connectivity index (χ1v) is 8.11. The predicted molar refractivity (Wildman–Crippen MR) is 78.7 cm³/mol. The molecule has 3 fully saturated rings. The van der Waals surface area contributed by atoms with Gasteiger partial charge in [-0.2, -0.15) is 0 Å². The summed E-state index contributed by atoms with van der Waals surface area (Å²) in [6.45, 7) is 4.84. The third-order valence-corrected chi connectivity index (χ3v) is 4.90. The van der Waals surface area contributed by atoms with E-state index in [1.165, 1.54) is 6.26 Å². The van der Waals surface area contributed by atoms with E-state index in [4.69, 9.17) is 13.9 Å². The highest BCUT2D eigenvalue weighted by Gasteiger charge is 2.43. The van der Waals surface area contributed by atoms with Crippen molar-refractivity contribution in [3.8, 4) is 0 Å². The molecule has 0 bridgehead atoms. The van der Waals surface area contributed by atoms with E-state index < -0.39 is 0 Å². The average Bonchev–Trinajstić information content (AvgIpc) is 3.28. The lowest BCUT2D eigenvalue weighted by molar-refractivity contribution is -0.0614. The Morgan fingerprint density at radius 3 is 3.00 bits per heavy atom. The maximum atomic E-state index is 12.4. The van der Waals surface area contributed by atoms with Gasteiger partial charge < -0.3 is 18.8 Å². The van der Waals surface area contributed by atoms with Gasteiger partial charge in [0.25, 0.3) is 5.91 Å². The zero-order chi connectivity index (χ0) is 14.9. The van der Waals surface area contributed by atoms with Crippen molar-refractivity contribution in [3.63, 3.8) is 0 Å². The van der Waals surface area contributed by atoms with Crippen molar-refractivity contribution in [3.05, 3.63) is 24.2 Å². The second-order valence-electron chi connectivity index (χ2n) is 6.29. The number of rotatable bonds is 3. The molecule has 0 N–H and O–H groups in total. The Balaban J connectivity index is 1.42. The second-order valence-corrected chi connectivity index (χ2v) is 6.29. The van der Waals surface area contributed by atoms with E-state index in [0.717, 1.165) is 39.1 Å². The first kappa shape index (κ1) is 14.2. The number of amides is 1. The number of morpholine rings is 1. The van der Waals surface area contributed by atoms with Crippen LogP contribution in [-0.2, 0) is 9.47 Å². The SMILES string of the molecule is O=C(c1ccco1)N1C[C@@H]2OCCN(CC3CCCO3)[C@@H]2C1. The van der Waals surface area contributed by atoms with Crippen LogP contribution in [0.25, 0.3) is 0 Å². The molecule has 4 rings (SSSR count). The summed E-state index contributed by atoms with van der Waals surface area (Å²) < 4.78 is 16.9. The Hall–Kier alpha value is -1.37. The number of furan rings is 1. The number of fused-ring (bicyclic) bond motifs is 1. The van der Waals surface area contributed by atoms with Gasteiger partial charge in [0.15, 0.2) is 5.76 Å². The van der Waals surface area contributed by atoms with Crippen molar-refractivity contribution in [2.45, 2.75) is 31.1 Å². The molecule has 0 aromatic carbocycles. The summed E-state index contributed by atoms with van der Waals surface area (Å²) in [5.74, 6) is 0.365. The van der Waals surface area contributed by atoms with Gasteiger partial charge in [-0.15, -0.1) is 0 Å².